The van der Waals surface area contributed by atoms with Crippen molar-refractivity contribution in [3.63, 3.8) is 0 Å². The van der Waals surface area contributed by atoms with Crippen molar-refractivity contribution in [3.8, 4) is 17.2 Å². The first-order valence-electron chi connectivity index (χ1n) is 6.17. The lowest BCUT2D eigenvalue weighted by Gasteiger charge is -2.00. The molecule has 0 spiro atoms. The van der Waals surface area contributed by atoms with Crippen molar-refractivity contribution in [1.82, 2.24) is 10.2 Å². The summed E-state index contributed by atoms with van der Waals surface area (Å²) >= 11 is 0. The number of phenols is 1. The van der Waals surface area contributed by atoms with Crippen molar-refractivity contribution in [2.75, 3.05) is 5.32 Å². The van der Waals surface area contributed by atoms with Gasteiger partial charge in [-0.3, -0.25) is 0 Å². The largest absolute Gasteiger partial charge is 0.508 e. The summed E-state index contributed by atoms with van der Waals surface area (Å²) < 4.78 is 5.53. The highest BCUT2D eigenvalue weighted by atomic mass is 16.4. The summed E-state index contributed by atoms with van der Waals surface area (Å²) in [6.45, 7) is 2.03. The smallest absolute Gasteiger partial charge is 0.320 e. The second-order valence-electron chi connectivity index (χ2n) is 4.45. The summed E-state index contributed by atoms with van der Waals surface area (Å²) in [7, 11) is 0. The molecule has 0 aliphatic rings. The van der Waals surface area contributed by atoms with Crippen LogP contribution in [0.4, 0.5) is 11.7 Å². The highest BCUT2D eigenvalue weighted by Gasteiger charge is 2.08. The Hall–Kier alpha value is -2.82. The molecule has 2 N–H and O–H groups in total. The van der Waals surface area contributed by atoms with Crippen LogP contribution in [0.25, 0.3) is 11.5 Å². The quantitative estimate of drug-likeness (QED) is 0.760. The fourth-order valence-electron chi connectivity index (χ4n) is 1.75. The van der Waals surface area contributed by atoms with Crippen LogP contribution in [0, 0.1) is 6.92 Å². The maximum Gasteiger partial charge on any atom is 0.320 e. The Labute approximate surface area is 115 Å². The van der Waals surface area contributed by atoms with E-state index in [0.717, 1.165) is 11.3 Å². The molecular formula is C15H13N3O2. The third-order valence-electron chi connectivity index (χ3n) is 2.84. The topological polar surface area (TPSA) is 71.2 Å². The maximum atomic E-state index is 9.25. The Morgan fingerprint density at radius 2 is 1.65 bits per heavy atom. The maximum absolute atomic E-state index is 9.25. The molecule has 0 aliphatic carbocycles. The van der Waals surface area contributed by atoms with E-state index in [1.807, 2.05) is 31.2 Å². The molecule has 3 aromatic rings. The number of aromatic nitrogens is 2. The second-order valence-corrected chi connectivity index (χ2v) is 4.45. The lowest BCUT2D eigenvalue weighted by atomic mass is 10.2. The molecule has 1 heterocycles. The molecule has 100 valence electrons. The predicted octanol–water partition coefficient (Wildman–Crippen LogP) is 3.49. The van der Waals surface area contributed by atoms with Crippen LogP contribution in [-0.2, 0) is 0 Å². The number of nitrogens with zero attached hydrogens (tertiary/aromatic N) is 2. The number of aryl methyl sites for hydroxylation is 1. The Morgan fingerprint density at radius 3 is 2.35 bits per heavy atom. The van der Waals surface area contributed by atoms with Gasteiger partial charge in [0.05, 0.1) is 0 Å². The number of rotatable bonds is 3. The summed E-state index contributed by atoms with van der Waals surface area (Å²) in [6.07, 6.45) is 0. The fourth-order valence-corrected chi connectivity index (χ4v) is 1.75. The van der Waals surface area contributed by atoms with Crippen LogP contribution >= 0.6 is 0 Å². The highest BCUT2D eigenvalue weighted by Crippen LogP contribution is 2.23. The van der Waals surface area contributed by atoms with Gasteiger partial charge in [-0.2, -0.15) is 0 Å². The molecule has 0 aliphatic heterocycles. The minimum atomic E-state index is 0.200. The van der Waals surface area contributed by atoms with E-state index in [2.05, 4.69) is 15.5 Å². The van der Waals surface area contributed by atoms with Crippen LogP contribution in [0.15, 0.2) is 52.9 Å². The van der Waals surface area contributed by atoms with Crippen molar-refractivity contribution in [2.45, 2.75) is 6.92 Å². The number of hydrogen-bond donors (Lipinski definition) is 2. The Morgan fingerprint density at radius 1 is 0.950 bits per heavy atom. The number of benzene rings is 2. The molecular weight excluding hydrogens is 254 g/mol. The van der Waals surface area contributed by atoms with Crippen LogP contribution in [0.1, 0.15) is 5.56 Å². The molecule has 0 bridgehead atoms. The normalized spacial score (nSPS) is 10.4. The average Bonchev–Trinajstić information content (AvgIpc) is 2.91. The van der Waals surface area contributed by atoms with Gasteiger partial charge < -0.3 is 14.8 Å². The van der Waals surface area contributed by atoms with Crippen molar-refractivity contribution in [1.29, 1.82) is 0 Å². The molecule has 5 nitrogen and oxygen atoms in total. The van der Waals surface area contributed by atoms with Crippen molar-refractivity contribution in [2.24, 2.45) is 0 Å². The van der Waals surface area contributed by atoms with E-state index in [0.29, 0.717) is 11.9 Å². The molecule has 20 heavy (non-hydrogen) atoms. The number of aromatic hydroxyl groups is 1. The lowest BCUT2D eigenvalue weighted by molar-refractivity contribution is 0.475. The zero-order valence-corrected chi connectivity index (χ0v) is 10.9. The summed E-state index contributed by atoms with van der Waals surface area (Å²) in [6, 6.07) is 14.8. The summed E-state index contributed by atoms with van der Waals surface area (Å²) in [4.78, 5) is 0. The Kier molecular flexibility index (Phi) is 3.09. The lowest BCUT2D eigenvalue weighted by Crippen LogP contribution is -1.89. The predicted molar refractivity (Wildman–Crippen MR) is 75.9 cm³/mol. The molecule has 0 amide bonds. The number of phenolic OH excluding ortho intramolecular Hbond substituents is 1. The fraction of sp³-hybridized carbons (Fsp3) is 0.0667. The van der Waals surface area contributed by atoms with Gasteiger partial charge in [0.2, 0.25) is 5.89 Å². The third kappa shape index (κ3) is 2.61. The van der Waals surface area contributed by atoms with Crippen LogP contribution in [0.2, 0.25) is 0 Å². The third-order valence-corrected chi connectivity index (χ3v) is 2.84. The average molecular weight is 267 g/mol. The number of anilines is 2. The van der Waals surface area contributed by atoms with Crippen LogP contribution in [-0.4, -0.2) is 15.3 Å². The molecule has 1 aromatic heterocycles. The molecule has 5 heteroatoms. The van der Waals surface area contributed by atoms with E-state index < -0.39 is 0 Å². The van der Waals surface area contributed by atoms with E-state index in [9.17, 15) is 5.11 Å². The van der Waals surface area contributed by atoms with Gasteiger partial charge in [-0.05, 0) is 43.3 Å². The molecule has 0 atom stereocenters. The zero-order chi connectivity index (χ0) is 13.9. The molecule has 0 unspecified atom stereocenters. The van der Waals surface area contributed by atoms with E-state index in [-0.39, 0.29) is 5.75 Å². The van der Waals surface area contributed by atoms with Crippen molar-refractivity contribution >= 4 is 11.7 Å². The van der Waals surface area contributed by atoms with Gasteiger partial charge in [0, 0.05) is 11.3 Å². The minimum absolute atomic E-state index is 0.200. The summed E-state index contributed by atoms with van der Waals surface area (Å²) in [5.74, 6) is 0.603. The van der Waals surface area contributed by atoms with Crippen LogP contribution in [0.3, 0.4) is 0 Å². The first kappa shape index (κ1) is 12.2. The van der Waals surface area contributed by atoms with Crippen molar-refractivity contribution in [3.05, 3.63) is 54.1 Å². The van der Waals surface area contributed by atoms with E-state index in [1.54, 1.807) is 24.3 Å². The van der Waals surface area contributed by atoms with Gasteiger partial charge in [0.25, 0.3) is 0 Å². The molecule has 3 rings (SSSR count). The summed E-state index contributed by atoms with van der Waals surface area (Å²) in [5, 5.41) is 20.2. The van der Waals surface area contributed by atoms with Gasteiger partial charge >= 0.3 is 6.01 Å². The number of hydrogen-bond acceptors (Lipinski definition) is 5. The van der Waals surface area contributed by atoms with Gasteiger partial charge in [0.1, 0.15) is 5.75 Å². The van der Waals surface area contributed by atoms with Crippen LogP contribution in [0.5, 0.6) is 5.75 Å². The number of nitrogens with one attached hydrogen (secondary N) is 1. The molecule has 2 aromatic carbocycles. The zero-order valence-electron chi connectivity index (χ0n) is 10.9. The monoisotopic (exact) mass is 267 g/mol. The van der Waals surface area contributed by atoms with Gasteiger partial charge in [-0.25, -0.2) is 0 Å². The van der Waals surface area contributed by atoms with Crippen LogP contribution < -0.4 is 5.32 Å². The van der Waals surface area contributed by atoms with E-state index in [1.165, 1.54) is 5.56 Å². The highest BCUT2D eigenvalue weighted by molar-refractivity contribution is 5.57. The van der Waals surface area contributed by atoms with Gasteiger partial charge in [0.15, 0.2) is 0 Å². The Balaban J connectivity index is 1.80. The SMILES string of the molecule is Cc1ccc(Nc2nnc(-c3ccc(O)cc3)o2)cc1. The molecule has 0 saturated carbocycles. The molecule has 0 radical (unpaired) electrons. The van der Waals surface area contributed by atoms with Gasteiger partial charge in [-0.15, -0.1) is 5.10 Å². The second kappa shape index (κ2) is 5.05. The first-order chi connectivity index (χ1) is 9.70. The first-order valence-corrected chi connectivity index (χ1v) is 6.17. The molecule has 0 fully saturated rings. The Bertz CT molecular complexity index is 703. The van der Waals surface area contributed by atoms with E-state index in [4.69, 9.17) is 4.42 Å². The standard InChI is InChI=1S/C15H13N3O2/c1-10-2-6-12(7-3-10)16-15-18-17-14(20-15)11-4-8-13(19)9-5-11/h2-9,19H,1H3,(H,16,18). The summed E-state index contributed by atoms with van der Waals surface area (Å²) in [5.41, 5.74) is 2.83. The molecule has 0 saturated heterocycles. The minimum Gasteiger partial charge on any atom is -0.508 e. The van der Waals surface area contributed by atoms with Crippen molar-refractivity contribution < 1.29 is 9.52 Å². The van der Waals surface area contributed by atoms with Gasteiger partial charge in [-0.1, -0.05) is 22.8 Å². The van der Waals surface area contributed by atoms with E-state index >= 15 is 0 Å².